The van der Waals surface area contributed by atoms with Crippen molar-refractivity contribution in [1.82, 2.24) is 20.2 Å². The minimum atomic E-state index is 0.579. The van der Waals surface area contributed by atoms with E-state index >= 15 is 0 Å². The Morgan fingerprint density at radius 3 is 2.86 bits per heavy atom. The maximum absolute atomic E-state index is 6.03. The highest BCUT2D eigenvalue weighted by atomic mass is 35.5. The van der Waals surface area contributed by atoms with Crippen LogP contribution in [0.1, 0.15) is 11.1 Å². The highest BCUT2D eigenvalue weighted by Crippen LogP contribution is 2.27. The maximum atomic E-state index is 6.03. The summed E-state index contributed by atoms with van der Waals surface area (Å²) in [6, 6.07) is 13.5. The van der Waals surface area contributed by atoms with E-state index in [1.165, 1.54) is 5.56 Å². The van der Waals surface area contributed by atoms with Crippen molar-refractivity contribution >= 4 is 17.3 Å². The van der Waals surface area contributed by atoms with Gasteiger partial charge < -0.3 is 5.73 Å². The first-order chi connectivity index (χ1) is 10.1. The fourth-order valence-corrected chi connectivity index (χ4v) is 2.38. The van der Waals surface area contributed by atoms with Gasteiger partial charge in [0, 0.05) is 16.3 Å². The third-order valence-corrected chi connectivity index (χ3v) is 3.44. The van der Waals surface area contributed by atoms with Crippen LogP contribution in [0, 0.1) is 6.92 Å². The molecule has 2 N–H and O–H groups in total. The van der Waals surface area contributed by atoms with Crippen molar-refractivity contribution in [3.8, 4) is 11.4 Å². The Morgan fingerprint density at radius 1 is 1.19 bits per heavy atom. The van der Waals surface area contributed by atoms with Crippen LogP contribution in [0.4, 0.5) is 5.69 Å². The molecule has 0 spiro atoms. The Hall–Kier alpha value is -2.40. The quantitative estimate of drug-likeness (QED) is 0.755. The largest absolute Gasteiger partial charge is 0.398 e. The van der Waals surface area contributed by atoms with E-state index in [2.05, 4.69) is 34.6 Å². The Labute approximate surface area is 127 Å². The van der Waals surface area contributed by atoms with Gasteiger partial charge in [0.2, 0.25) is 0 Å². The summed E-state index contributed by atoms with van der Waals surface area (Å²) in [5.74, 6) is 0.608. The maximum Gasteiger partial charge on any atom is 0.184 e. The minimum absolute atomic E-state index is 0.579. The van der Waals surface area contributed by atoms with Crippen LogP contribution in [0.15, 0.2) is 42.5 Å². The average molecular weight is 300 g/mol. The van der Waals surface area contributed by atoms with Crippen LogP contribution in [0.3, 0.4) is 0 Å². The van der Waals surface area contributed by atoms with Crippen LogP contribution < -0.4 is 5.73 Å². The van der Waals surface area contributed by atoms with Crippen LogP contribution in [0.5, 0.6) is 0 Å². The summed E-state index contributed by atoms with van der Waals surface area (Å²) in [5, 5.41) is 12.5. The van der Waals surface area contributed by atoms with E-state index in [9.17, 15) is 0 Å². The highest BCUT2D eigenvalue weighted by molar-refractivity contribution is 6.31. The molecule has 0 aliphatic heterocycles. The minimum Gasteiger partial charge on any atom is -0.398 e. The monoisotopic (exact) mass is 299 g/mol. The Balaban J connectivity index is 1.99. The van der Waals surface area contributed by atoms with Crippen molar-refractivity contribution in [1.29, 1.82) is 0 Å². The number of nitrogen functional groups attached to an aromatic ring is 1. The van der Waals surface area contributed by atoms with Gasteiger partial charge in [-0.15, -0.1) is 5.10 Å². The van der Waals surface area contributed by atoms with Crippen molar-refractivity contribution in [3.63, 3.8) is 0 Å². The predicted molar refractivity (Wildman–Crippen MR) is 83.0 cm³/mol. The number of anilines is 1. The second-order valence-corrected chi connectivity index (χ2v) is 5.32. The van der Waals surface area contributed by atoms with Crippen molar-refractivity contribution in [2.45, 2.75) is 13.5 Å². The molecular formula is C15H14ClN5. The Morgan fingerprint density at radius 2 is 2.05 bits per heavy atom. The van der Waals surface area contributed by atoms with Gasteiger partial charge in [-0.2, -0.15) is 0 Å². The van der Waals surface area contributed by atoms with Crippen molar-refractivity contribution in [3.05, 3.63) is 58.6 Å². The number of benzene rings is 2. The average Bonchev–Trinajstić information content (AvgIpc) is 2.89. The van der Waals surface area contributed by atoms with Gasteiger partial charge in [-0.1, -0.05) is 41.4 Å². The lowest BCUT2D eigenvalue weighted by molar-refractivity contribution is 0.653. The normalized spacial score (nSPS) is 10.8. The summed E-state index contributed by atoms with van der Waals surface area (Å²) in [6.45, 7) is 2.63. The molecule has 0 amide bonds. The number of aromatic nitrogens is 4. The van der Waals surface area contributed by atoms with E-state index in [4.69, 9.17) is 17.3 Å². The fourth-order valence-electron chi connectivity index (χ4n) is 2.21. The molecule has 6 heteroatoms. The Kier molecular flexibility index (Phi) is 3.58. The van der Waals surface area contributed by atoms with Gasteiger partial charge in [0.15, 0.2) is 5.82 Å². The van der Waals surface area contributed by atoms with Crippen molar-refractivity contribution in [2.24, 2.45) is 0 Å². The summed E-state index contributed by atoms with van der Waals surface area (Å²) < 4.78 is 1.72. The van der Waals surface area contributed by atoms with Gasteiger partial charge in [0.1, 0.15) is 0 Å². The molecule has 3 rings (SSSR count). The molecule has 0 saturated heterocycles. The molecule has 0 radical (unpaired) electrons. The zero-order valence-electron chi connectivity index (χ0n) is 11.5. The third kappa shape index (κ3) is 2.87. The molecule has 0 aliphatic carbocycles. The van der Waals surface area contributed by atoms with E-state index in [1.807, 2.05) is 12.1 Å². The third-order valence-electron chi connectivity index (χ3n) is 3.20. The molecule has 1 aromatic heterocycles. The highest BCUT2D eigenvalue weighted by Gasteiger charge is 2.13. The van der Waals surface area contributed by atoms with E-state index in [0.29, 0.717) is 23.1 Å². The fraction of sp³-hybridized carbons (Fsp3) is 0.133. The molecule has 0 unspecified atom stereocenters. The summed E-state index contributed by atoms with van der Waals surface area (Å²) in [7, 11) is 0. The van der Waals surface area contributed by atoms with Gasteiger partial charge >= 0.3 is 0 Å². The summed E-state index contributed by atoms with van der Waals surface area (Å²) in [4.78, 5) is 0. The van der Waals surface area contributed by atoms with Crippen molar-refractivity contribution < 1.29 is 0 Å². The molecule has 106 valence electrons. The van der Waals surface area contributed by atoms with Crippen LogP contribution in [-0.4, -0.2) is 20.2 Å². The van der Waals surface area contributed by atoms with E-state index < -0.39 is 0 Å². The summed E-state index contributed by atoms with van der Waals surface area (Å²) in [5.41, 5.74) is 9.66. The molecule has 3 aromatic rings. The summed E-state index contributed by atoms with van der Waals surface area (Å²) in [6.07, 6.45) is 0. The molecule has 21 heavy (non-hydrogen) atoms. The molecule has 0 atom stereocenters. The molecule has 1 heterocycles. The second kappa shape index (κ2) is 5.54. The molecule has 0 fully saturated rings. The number of nitrogens with two attached hydrogens (primary N) is 1. The SMILES string of the molecule is Cc1cccc(Cn2nnnc2-c2cc(Cl)ccc2N)c1. The lowest BCUT2D eigenvalue weighted by atomic mass is 10.1. The van der Waals surface area contributed by atoms with Crippen molar-refractivity contribution in [2.75, 3.05) is 5.73 Å². The number of aryl methyl sites for hydroxylation is 1. The standard InChI is InChI=1S/C15H14ClN5/c1-10-3-2-4-11(7-10)9-21-15(18-19-20-21)13-8-12(16)5-6-14(13)17/h2-8H,9,17H2,1H3. The number of rotatable bonds is 3. The van der Waals surface area contributed by atoms with Gasteiger partial charge in [0.05, 0.1) is 6.54 Å². The van der Waals surface area contributed by atoms with Gasteiger partial charge in [-0.3, -0.25) is 0 Å². The smallest absolute Gasteiger partial charge is 0.184 e. The zero-order chi connectivity index (χ0) is 14.8. The predicted octanol–water partition coefficient (Wildman–Crippen LogP) is 2.93. The number of hydrogen-bond donors (Lipinski definition) is 1. The topological polar surface area (TPSA) is 69.6 Å². The molecule has 5 nitrogen and oxygen atoms in total. The second-order valence-electron chi connectivity index (χ2n) is 4.88. The van der Waals surface area contributed by atoms with Crippen LogP contribution in [0.2, 0.25) is 5.02 Å². The first-order valence-electron chi connectivity index (χ1n) is 6.50. The number of nitrogens with zero attached hydrogens (tertiary/aromatic N) is 4. The Bertz CT molecular complexity index is 781. The van der Waals surface area contributed by atoms with E-state index in [0.717, 1.165) is 11.1 Å². The van der Waals surface area contributed by atoms with Gasteiger partial charge in [0.25, 0.3) is 0 Å². The van der Waals surface area contributed by atoms with Gasteiger partial charge in [-0.05, 0) is 41.1 Å². The first-order valence-corrected chi connectivity index (χ1v) is 6.88. The lowest BCUT2D eigenvalue weighted by Crippen LogP contribution is -2.05. The van der Waals surface area contributed by atoms with E-state index in [1.54, 1.807) is 22.9 Å². The van der Waals surface area contributed by atoms with Crippen LogP contribution in [0.25, 0.3) is 11.4 Å². The molecular weight excluding hydrogens is 286 g/mol. The number of hydrogen-bond acceptors (Lipinski definition) is 4. The first kappa shape index (κ1) is 13.6. The zero-order valence-corrected chi connectivity index (χ0v) is 12.2. The lowest BCUT2D eigenvalue weighted by Gasteiger charge is -2.08. The molecule has 2 aromatic carbocycles. The summed E-state index contributed by atoms with van der Waals surface area (Å²) >= 11 is 6.03. The number of halogens is 1. The van der Waals surface area contributed by atoms with Gasteiger partial charge in [-0.25, -0.2) is 4.68 Å². The molecule has 0 aliphatic rings. The van der Waals surface area contributed by atoms with E-state index in [-0.39, 0.29) is 0 Å². The molecule has 0 bridgehead atoms. The van der Waals surface area contributed by atoms with Crippen LogP contribution in [-0.2, 0) is 6.54 Å². The molecule has 0 saturated carbocycles. The van der Waals surface area contributed by atoms with Crippen LogP contribution >= 0.6 is 11.6 Å². The number of tetrazole rings is 1.